The van der Waals surface area contributed by atoms with Gasteiger partial charge in [-0.3, -0.25) is 0 Å². The summed E-state index contributed by atoms with van der Waals surface area (Å²) in [5, 5.41) is 2.90. The summed E-state index contributed by atoms with van der Waals surface area (Å²) >= 11 is 0. The lowest BCUT2D eigenvalue weighted by molar-refractivity contribution is 0.602. The van der Waals surface area contributed by atoms with Crippen LogP contribution in [0, 0.1) is 6.92 Å². The zero-order valence-corrected chi connectivity index (χ0v) is 11.8. The normalized spacial score (nSPS) is 11.3. The summed E-state index contributed by atoms with van der Waals surface area (Å²) in [6.07, 6.45) is 1.19. The summed E-state index contributed by atoms with van der Waals surface area (Å²) in [7, 11) is -1.41. The Hall–Kier alpha value is -1.95. The fourth-order valence-corrected chi connectivity index (χ4v) is 2.33. The molecule has 100 valence electrons. The van der Waals surface area contributed by atoms with Gasteiger partial charge in [0.1, 0.15) is 0 Å². The highest BCUT2D eigenvalue weighted by molar-refractivity contribution is 7.90. The first-order valence-electron chi connectivity index (χ1n) is 5.74. The number of rotatable bonds is 3. The lowest BCUT2D eigenvalue weighted by atomic mass is 10.1. The van der Waals surface area contributed by atoms with Gasteiger partial charge in [0, 0.05) is 24.6 Å². The second kappa shape index (κ2) is 4.97. The average Bonchev–Trinajstić information content (AvgIpc) is 2.37. The molecule has 0 atom stereocenters. The van der Waals surface area contributed by atoms with Gasteiger partial charge in [0.2, 0.25) is 5.95 Å². The van der Waals surface area contributed by atoms with E-state index in [0.29, 0.717) is 10.8 Å². The highest BCUT2D eigenvalue weighted by Gasteiger charge is 2.08. The Labute approximate surface area is 112 Å². The molecule has 0 aliphatic heterocycles. The monoisotopic (exact) mass is 277 g/mol. The molecule has 5 nitrogen and oxygen atoms in total. The molecule has 0 saturated heterocycles. The second-order valence-corrected chi connectivity index (χ2v) is 6.28. The van der Waals surface area contributed by atoms with Crippen LogP contribution in [-0.2, 0) is 9.84 Å². The van der Waals surface area contributed by atoms with E-state index in [2.05, 4.69) is 15.3 Å². The van der Waals surface area contributed by atoms with Crippen LogP contribution >= 0.6 is 0 Å². The van der Waals surface area contributed by atoms with Crippen LogP contribution in [0.4, 0.5) is 5.95 Å². The van der Waals surface area contributed by atoms with Crippen LogP contribution in [0.1, 0.15) is 5.69 Å². The largest absolute Gasteiger partial charge is 0.357 e. The van der Waals surface area contributed by atoms with Gasteiger partial charge >= 0.3 is 0 Å². The molecule has 1 aromatic heterocycles. The molecule has 1 aromatic carbocycles. The van der Waals surface area contributed by atoms with Crippen LogP contribution in [0.2, 0.25) is 0 Å². The molecule has 0 aliphatic rings. The minimum Gasteiger partial charge on any atom is -0.357 e. The van der Waals surface area contributed by atoms with Gasteiger partial charge < -0.3 is 5.32 Å². The van der Waals surface area contributed by atoms with Crippen molar-refractivity contribution in [2.45, 2.75) is 11.8 Å². The molecular weight excluding hydrogens is 262 g/mol. The first-order valence-corrected chi connectivity index (χ1v) is 7.63. The first-order chi connectivity index (χ1) is 8.90. The van der Waals surface area contributed by atoms with Gasteiger partial charge in [-0.2, -0.15) is 0 Å². The molecule has 1 N–H and O–H groups in total. The van der Waals surface area contributed by atoms with Gasteiger partial charge in [-0.1, -0.05) is 12.1 Å². The van der Waals surface area contributed by atoms with Crippen molar-refractivity contribution >= 4 is 15.8 Å². The highest BCUT2D eigenvalue weighted by atomic mass is 32.2. The minimum atomic E-state index is -3.17. The summed E-state index contributed by atoms with van der Waals surface area (Å²) in [6, 6.07) is 8.52. The van der Waals surface area contributed by atoms with Gasteiger partial charge in [-0.25, -0.2) is 18.4 Å². The molecule has 6 heteroatoms. The fourth-order valence-electron chi connectivity index (χ4n) is 1.70. The Kier molecular flexibility index (Phi) is 3.53. The zero-order valence-electron chi connectivity index (χ0n) is 11.0. The number of anilines is 1. The maximum atomic E-state index is 11.4. The zero-order chi connectivity index (χ0) is 14.0. The fraction of sp³-hybridized carbons (Fsp3) is 0.231. The predicted octanol–water partition coefficient (Wildman–Crippen LogP) is 1.90. The smallest absolute Gasteiger partial charge is 0.223 e. The van der Waals surface area contributed by atoms with Crippen molar-refractivity contribution in [2.75, 3.05) is 18.6 Å². The molecule has 2 rings (SSSR count). The molecule has 0 aliphatic carbocycles. The molecule has 0 radical (unpaired) electrons. The quantitative estimate of drug-likeness (QED) is 0.927. The molecule has 0 saturated carbocycles. The van der Waals surface area contributed by atoms with E-state index in [1.165, 1.54) is 6.26 Å². The Morgan fingerprint density at radius 1 is 1.11 bits per heavy atom. The van der Waals surface area contributed by atoms with Gasteiger partial charge in [0.15, 0.2) is 9.84 Å². The van der Waals surface area contributed by atoms with E-state index in [-0.39, 0.29) is 0 Å². The first kappa shape index (κ1) is 13.5. The summed E-state index contributed by atoms with van der Waals surface area (Å²) < 4.78 is 22.8. The number of nitrogens with one attached hydrogen (secondary N) is 1. The molecule has 2 aromatic rings. The van der Waals surface area contributed by atoms with E-state index in [4.69, 9.17) is 0 Å². The molecule has 0 fully saturated rings. The lowest BCUT2D eigenvalue weighted by Crippen LogP contribution is -2.00. The van der Waals surface area contributed by atoms with E-state index in [1.54, 1.807) is 31.3 Å². The number of aromatic nitrogens is 2. The third-order valence-corrected chi connectivity index (χ3v) is 3.78. The Balaban J connectivity index is 2.45. The van der Waals surface area contributed by atoms with Crippen LogP contribution in [0.15, 0.2) is 35.2 Å². The van der Waals surface area contributed by atoms with Gasteiger partial charge in [0.05, 0.1) is 10.6 Å². The minimum absolute atomic E-state index is 0.302. The Bertz CT molecular complexity index is 694. The molecular formula is C13H15N3O2S. The lowest BCUT2D eigenvalue weighted by Gasteiger charge is -2.06. The van der Waals surface area contributed by atoms with E-state index in [1.807, 2.05) is 13.0 Å². The number of benzene rings is 1. The molecule has 19 heavy (non-hydrogen) atoms. The Morgan fingerprint density at radius 3 is 2.26 bits per heavy atom. The van der Waals surface area contributed by atoms with Crippen molar-refractivity contribution in [3.8, 4) is 11.3 Å². The average molecular weight is 277 g/mol. The summed E-state index contributed by atoms with van der Waals surface area (Å²) in [6.45, 7) is 1.89. The number of hydrogen-bond donors (Lipinski definition) is 1. The molecule has 0 unspecified atom stereocenters. The number of nitrogens with zero attached hydrogens (tertiary/aromatic N) is 2. The van der Waals surface area contributed by atoms with Gasteiger partial charge in [-0.15, -0.1) is 0 Å². The standard InChI is InChI=1S/C13H15N3O2S/c1-9-8-12(16-13(14-2)15-9)10-4-6-11(7-5-10)19(3,17)18/h4-8H,1-3H3,(H,14,15,16). The van der Waals surface area contributed by atoms with Crippen LogP contribution in [0.25, 0.3) is 11.3 Å². The van der Waals surface area contributed by atoms with E-state index >= 15 is 0 Å². The van der Waals surface area contributed by atoms with Crippen LogP contribution in [0.3, 0.4) is 0 Å². The van der Waals surface area contributed by atoms with E-state index < -0.39 is 9.84 Å². The van der Waals surface area contributed by atoms with Crippen molar-refractivity contribution < 1.29 is 8.42 Å². The van der Waals surface area contributed by atoms with Gasteiger partial charge in [-0.05, 0) is 25.1 Å². The van der Waals surface area contributed by atoms with Crippen molar-refractivity contribution in [3.05, 3.63) is 36.0 Å². The van der Waals surface area contributed by atoms with Crippen molar-refractivity contribution in [1.29, 1.82) is 0 Å². The van der Waals surface area contributed by atoms with Crippen LogP contribution in [-0.4, -0.2) is 31.7 Å². The number of sulfone groups is 1. The van der Waals surface area contributed by atoms with Gasteiger partial charge in [0.25, 0.3) is 0 Å². The topological polar surface area (TPSA) is 72.0 Å². The van der Waals surface area contributed by atoms with E-state index in [9.17, 15) is 8.42 Å². The highest BCUT2D eigenvalue weighted by Crippen LogP contribution is 2.21. The van der Waals surface area contributed by atoms with Crippen LogP contribution in [0.5, 0.6) is 0 Å². The third-order valence-electron chi connectivity index (χ3n) is 2.66. The summed E-state index contributed by atoms with van der Waals surface area (Å²) in [5.41, 5.74) is 2.47. The van der Waals surface area contributed by atoms with Crippen molar-refractivity contribution in [3.63, 3.8) is 0 Å². The molecule has 0 bridgehead atoms. The van der Waals surface area contributed by atoms with Crippen molar-refractivity contribution in [1.82, 2.24) is 9.97 Å². The molecule has 1 heterocycles. The second-order valence-electron chi connectivity index (χ2n) is 4.26. The summed E-state index contributed by atoms with van der Waals surface area (Å²) in [5.74, 6) is 0.544. The van der Waals surface area contributed by atoms with Crippen LogP contribution < -0.4 is 5.32 Å². The summed E-state index contributed by atoms with van der Waals surface area (Å²) in [4.78, 5) is 8.86. The Morgan fingerprint density at radius 2 is 1.74 bits per heavy atom. The number of hydrogen-bond acceptors (Lipinski definition) is 5. The third kappa shape index (κ3) is 3.08. The SMILES string of the molecule is CNc1nc(C)cc(-c2ccc(S(C)(=O)=O)cc2)n1. The number of aryl methyl sites for hydroxylation is 1. The predicted molar refractivity (Wildman–Crippen MR) is 74.9 cm³/mol. The molecule has 0 amide bonds. The maximum absolute atomic E-state index is 11.4. The van der Waals surface area contributed by atoms with Crippen molar-refractivity contribution in [2.24, 2.45) is 0 Å². The maximum Gasteiger partial charge on any atom is 0.223 e. The molecule has 0 spiro atoms. The van der Waals surface area contributed by atoms with E-state index in [0.717, 1.165) is 17.0 Å².